The molecule has 3 aliphatic rings. The van der Waals surface area contributed by atoms with Crippen molar-refractivity contribution in [3.8, 4) is 0 Å². The number of fused-ring (bicyclic) bond motifs is 1. The third-order valence-electron chi connectivity index (χ3n) is 6.65. The molecule has 0 N–H and O–H groups in total. The predicted octanol–water partition coefficient (Wildman–Crippen LogP) is 3.50. The molecular weight excluding hydrogens is 380 g/mol. The van der Waals surface area contributed by atoms with Crippen LogP contribution < -0.4 is 0 Å². The lowest BCUT2D eigenvalue weighted by atomic mass is 9.75. The summed E-state index contributed by atoms with van der Waals surface area (Å²) in [5.41, 5.74) is 0. The molecule has 3 unspecified atom stereocenters. The highest BCUT2D eigenvalue weighted by Crippen LogP contribution is 2.37. The molecule has 4 rings (SSSR count). The van der Waals surface area contributed by atoms with Crippen molar-refractivity contribution in [3.63, 3.8) is 0 Å². The van der Waals surface area contributed by atoms with Crippen molar-refractivity contribution < 1.29 is 13.2 Å². The van der Waals surface area contributed by atoms with Crippen LogP contribution in [0.25, 0.3) is 0 Å². The van der Waals surface area contributed by atoms with Gasteiger partial charge in [0.1, 0.15) is 4.21 Å². The smallest absolute Gasteiger partial charge is 0.252 e. The van der Waals surface area contributed by atoms with Crippen molar-refractivity contribution in [1.82, 2.24) is 9.21 Å². The highest BCUT2D eigenvalue weighted by molar-refractivity contribution is 7.91. The lowest BCUT2D eigenvalue weighted by molar-refractivity contribution is -0.139. The first-order chi connectivity index (χ1) is 12.9. The van der Waals surface area contributed by atoms with Gasteiger partial charge in [-0.15, -0.1) is 11.3 Å². The molecule has 27 heavy (non-hydrogen) atoms. The number of amides is 1. The summed E-state index contributed by atoms with van der Waals surface area (Å²) in [5, 5.41) is 0. The van der Waals surface area contributed by atoms with Gasteiger partial charge < -0.3 is 4.90 Å². The quantitative estimate of drug-likeness (QED) is 0.766. The number of nitrogens with zero attached hydrogens (tertiary/aromatic N) is 2. The summed E-state index contributed by atoms with van der Waals surface area (Å²) in [6.07, 6.45) is 7.89. The first-order valence-electron chi connectivity index (χ1n) is 10.3. The number of hydrogen-bond acceptors (Lipinski definition) is 4. The summed E-state index contributed by atoms with van der Waals surface area (Å²) in [6, 6.07) is 3.53. The fourth-order valence-electron chi connectivity index (χ4n) is 5.10. The van der Waals surface area contributed by atoms with Crippen LogP contribution in [0.4, 0.5) is 0 Å². The molecule has 0 radical (unpaired) electrons. The second-order valence-corrected chi connectivity index (χ2v) is 11.9. The summed E-state index contributed by atoms with van der Waals surface area (Å²) in [7, 11) is -3.48. The number of carbonyl (C=O) groups is 1. The van der Waals surface area contributed by atoms with Gasteiger partial charge in [0.15, 0.2) is 0 Å². The molecule has 3 atom stereocenters. The molecule has 1 aromatic heterocycles. The van der Waals surface area contributed by atoms with Gasteiger partial charge in [-0.1, -0.05) is 19.3 Å². The Balaban J connectivity index is 1.42. The van der Waals surface area contributed by atoms with Gasteiger partial charge >= 0.3 is 0 Å². The van der Waals surface area contributed by atoms with Gasteiger partial charge in [-0.2, -0.15) is 4.31 Å². The molecule has 3 fully saturated rings. The fraction of sp³-hybridized carbons (Fsp3) is 0.750. The molecule has 0 spiro atoms. The van der Waals surface area contributed by atoms with Crippen molar-refractivity contribution in [2.45, 2.75) is 56.1 Å². The number of thiophene rings is 1. The number of aryl methyl sites for hydroxylation is 1. The first kappa shape index (κ1) is 19.4. The van der Waals surface area contributed by atoms with E-state index in [9.17, 15) is 13.2 Å². The van der Waals surface area contributed by atoms with Crippen LogP contribution in [0, 0.1) is 24.7 Å². The van der Waals surface area contributed by atoms with Crippen LogP contribution in [0.3, 0.4) is 0 Å². The molecular formula is C20H30N2O3S2. The Morgan fingerprint density at radius 2 is 1.78 bits per heavy atom. The second-order valence-electron chi connectivity index (χ2n) is 8.44. The van der Waals surface area contributed by atoms with E-state index in [-0.39, 0.29) is 11.8 Å². The Kier molecular flexibility index (Phi) is 5.63. The van der Waals surface area contributed by atoms with Crippen LogP contribution in [0.2, 0.25) is 0 Å². The van der Waals surface area contributed by atoms with E-state index < -0.39 is 10.0 Å². The lowest BCUT2D eigenvalue weighted by Gasteiger charge is -2.43. The van der Waals surface area contributed by atoms with Crippen molar-refractivity contribution in [2.24, 2.45) is 17.8 Å². The zero-order valence-corrected chi connectivity index (χ0v) is 17.7. The summed E-state index contributed by atoms with van der Waals surface area (Å²) >= 11 is 1.31. The third-order valence-corrected chi connectivity index (χ3v) is 9.98. The highest BCUT2D eigenvalue weighted by Gasteiger charge is 2.38. The zero-order chi connectivity index (χ0) is 19.0. The maximum Gasteiger partial charge on any atom is 0.252 e. The van der Waals surface area contributed by atoms with Gasteiger partial charge in [-0.05, 0) is 56.6 Å². The molecule has 150 valence electrons. The second kappa shape index (κ2) is 7.84. The molecule has 7 heteroatoms. The first-order valence-corrected chi connectivity index (χ1v) is 12.6. The largest absolute Gasteiger partial charge is 0.342 e. The topological polar surface area (TPSA) is 57.7 Å². The Labute approximate surface area is 166 Å². The van der Waals surface area contributed by atoms with E-state index in [4.69, 9.17) is 0 Å². The molecule has 0 bridgehead atoms. The SMILES string of the molecule is Cc1ccc(S(=O)(=O)N2CCCC(C(=O)N3CCC4CCCCC4C3)C2)s1. The van der Waals surface area contributed by atoms with Crippen LogP contribution in [-0.4, -0.2) is 49.7 Å². The normalized spacial score (nSPS) is 30.1. The average molecular weight is 411 g/mol. The van der Waals surface area contributed by atoms with E-state index in [1.54, 1.807) is 6.07 Å². The number of sulfonamides is 1. The van der Waals surface area contributed by atoms with Crippen molar-refractivity contribution in [2.75, 3.05) is 26.2 Å². The van der Waals surface area contributed by atoms with Crippen molar-refractivity contribution in [1.29, 1.82) is 0 Å². The van der Waals surface area contributed by atoms with Gasteiger partial charge in [-0.25, -0.2) is 8.42 Å². The summed E-state index contributed by atoms with van der Waals surface area (Å²) < 4.78 is 27.8. The minimum absolute atomic E-state index is 0.182. The van der Waals surface area contributed by atoms with Gasteiger partial charge in [-0.3, -0.25) is 4.79 Å². The van der Waals surface area contributed by atoms with Crippen LogP contribution >= 0.6 is 11.3 Å². The lowest BCUT2D eigenvalue weighted by Crippen LogP contribution is -2.50. The molecule has 1 amide bonds. The summed E-state index contributed by atoms with van der Waals surface area (Å²) in [4.78, 5) is 16.2. The fourth-order valence-corrected chi connectivity index (χ4v) is 8.06. The number of hydrogen-bond donors (Lipinski definition) is 0. The summed E-state index contributed by atoms with van der Waals surface area (Å²) in [5.74, 6) is 1.46. The summed E-state index contributed by atoms with van der Waals surface area (Å²) in [6.45, 7) is 4.52. The Hall–Kier alpha value is -0.920. The van der Waals surface area contributed by atoms with E-state index in [0.29, 0.717) is 23.2 Å². The highest BCUT2D eigenvalue weighted by atomic mass is 32.2. The van der Waals surface area contributed by atoms with Crippen LogP contribution in [0.1, 0.15) is 49.8 Å². The molecule has 1 saturated carbocycles. The van der Waals surface area contributed by atoms with Gasteiger partial charge in [0, 0.05) is 31.1 Å². The van der Waals surface area contributed by atoms with Crippen LogP contribution in [0.15, 0.2) is 16.3 Å². The number of rotatable bonds is 3. The monoisotopic (exact) mass is 410 g/mol. The maximum absolute atomic E-state index is 13.1. The molecule has 1 aliphatic carbocycles. The van der Waals surface area contributed by atoms with Gasteiger partial charge in [0.2, 0.25) is 5.91 Å². The average Bonchev–Trinajstić information content (AvgIpc) is 3.14. The Morgan fingerprint density at radius 3 is 2.52 bits per heavy atom. The Morgan fingerprint density at radius 1 is 1.00 bits per heavy atom. The minimum Gasteiger partial charge on any atom is -0.342 e. The standard InChI is InChI=1S/C20H30N2O3S2/c1-15-8-9-19(26-15)27(24,25)22-11-4-7-18(14-22)20(23)21-12-10-16-5-2-3-6-17(16)13-21/h8-9,16-18H,2-7,10-14H2,1H3. The number of piperidine rings is 2. The van der Waals surface area contributed by atoms with Crippen LogP contribution in [0.5, 0.6) is 0 Å². The van der Waals surface area contributed by atoms with E-state index in [1.807, 2.05) is 17.9 Å². The van der Waals surface area contributed by atoms with E-state index >= 15 is 0 Å². The molecule has 1 aromatic rings. The third kappa shape index (κ3) is 3.96. The van der Waals surface area contributed by atoms with E-state index in [2.05, 4.69) is 0 Å². The van der Waals surface area contributed by atoms with E-state index in [0.717, 1.165) is 43.1 Å². The number of likely N-dealkylation sites (tertiary alicyclic amines) is 1. The predicted molar refractivity (Wildman–Crippen MR) is 107 cm³/mol. The molecule has 5 nitrogen and oxygen atoms in total. The van der Waals surface area contributed by atoms with E-state index in [1.165, 1.54) is 41.3 Å². The van der Waals surface area contributed by atoms with Crippen molar-refractivity contribution >= 4 is 27.3 Å². The van der Waals surface area contributed by atoms with Gasteiger partial charge in [0.05, 0.1) is 5.92 Å². The maximum atomic E-state index is 13.1. The Bertz CT molecular complexity index is 789. The van der Waals surface area contributed by atoms with Crippen molar-refractivity contribution in [3.05, 3.63) is 17.0 Å². The van der Waals surface area contributed by atoms with Gasteiger partial charge in [0.25, 0.3) is 10.0 Å². The van der Waals surface area contributed by atoms with Crippen LogP contribution in [-0.2, 0) is 14.8 Å². The molecule has 3 heterocycles. The minimum atomic E-state index is -3.48. The molecule has 2 saturated heterocycles. The molecule has 0 aromatic carbocycles. The zero-order valence-electron chi connectivity index (χ0n) is 16.1. The number of carbonyl (C=O) groups excluding carboxylic acids is 1. The molecule has 2 aliphatic heterocycles.